The summed E-state index contributed by atoms with van der Waals surface area (Å²) in [6.07, 6.45) is 15.2. The zero-order chi connectivity index (χ0) is 23.9. The van der Waals surface area contributed by atoms with Gasteiger partial charge in [-0.2, -0.15) is 0 Å². The van der Waals surface area contributed by atoms with Crippen LogP contribution in [0.25, 0.3) is 42.1 Å². The van der Waals surface area contributed by atoms with Crippen LogP contribution in [0.4, 0.5) is 0 Å². The van der Waals surface area contributed by atoms with Gasteiger partial charge in [-0.25, -0.2) is 0 Å². The molecule has 0 N–H and O–H groups in total. The van der Waals surface area contributed by atoms with E-state index in [1.807, 2.05) is 11.3 Å². The molecule has 0 nitrogen and oxygen atoms in total. The normalized spacial score (nSPS) is 11.7. The zero-order valence-corrected chi connectivity index (χ0v) is 22.0. The van der Waals surface area contributed by atoms with Gasteiger partial charge >= 0.3 is 0 Å². The van der Waals surface area contributed by atoms with E-state index in [1.54, 1.807) is 0 Å². The van der Waals surface area contributed by atoms with Crippen molar-refractivity contribution in [2.45, 2.75) is 77.6 Å². The number of thiophene rings is 1. The van der Waals surface area contributed by atoms with Crippen LogP contribution < -0.4 is 0 Å². The van der Waals surface area contributed by atoms with Gasteiger partial charge in [0.05, 0.1) is 0 Å². The smallest absolute Gasteiger partial charge is 0.0355 e. The molecule has 1 aromatic heterocycles. The topological polar surface area (TPSA) is 0 Å². The fraction of sp³-hybridized carbons (Fsp3) is 0.353. The third kappa shape index (κ3) is 6.14. The maximum atomic E-state index is 2.37. The summed E-state index contributed by atoms with van der Waals surface area (Å²) >= 11 is 1.91. The van der Waals surface area contributed by atoms with Crippen LogP contribution >= 0.6 is 11.3 Å². The van der Waals surface area contributed by atoms with Crippen LogP contribution in [-0.4, -0.2) is 0 Å². The Hall–Kier alpha value is -2.64. The number of unbranched alkanes of at least 4 members (excludes halogenated alkanes) is 9. The SMILES string of the molecule is CCCCCCCCCCCCc1ccc(-c2cc3cc4cc5ccccc5cc4cc3s2)cc1. The zero-order valence-electron chi connectivity index (χ0n) is 21.2. The van der Waals surface area contributed by atoms with Gasteiger partial charge in [-0.05, 0) is 81.2 Å². The number of rotatable bonds is 12. The van der Waals surface area contributed by atoms with Gasteiger partial charge in [0, 0.05) is 9.58 Å². The van der Waals surface area contributed by atoms with Gasteiger partial charge in [0.15, 0.2) is 0 Å². The van der Waals surface area contributed by atoms with E-state index in [0.29, 0.717) is 0 Å². The molecule has 1 heteroatoms. The molecule has 0 saturated heterocycles. The molecule has 0 saturated carbocycles. The number of benzene rings is 4. The number of hydrogen-bond donors (Lipinski definition) is 0. The third-order valence-electron chi connectivity index (χ3n) is 7.40. The lowest BCUT2D eigenvalue weighted by Gasteiger charge is -2.04. The van der Waals surface area contributed by atoms with Crippen LogP contribution in [0.5, 0.6) is 0 Å². The van der Waals surface area contributed by atoms with Crippen molar-refractivity contribution >= 4 is 43.0 Å². The molecule has 180 valence electrons. The molecule has 5 aromatic rings. The van der Waals surface area contributed by atoms with Crippen LogP contribution in [0, 0.1) is 0 Å². The predicted molar refractivity (Wildman–Crippen MR) is 158 cm³/mol. The molecule has 1 heterocycles. The van der Waals surface area contributed by atoms with Crippen molar-refractivity contribution in [1.29, 1.82) is 0 Å². The highest BCUT2D eigenvalue weighted by Crippen LogP contribution is 2.37. The van der Waals surface area contributed by atoms with Crippen LogP contribution in [0.15, 0.2) is 78.9 Å². The fourth-order valence-electron chi connectivity index (χ4n) is 5.27. The molecule has 0 aliphatic rings. The predicted octanol–water partition coefficient (Wildman–Crippen LogP) is 11.3. The van der Waals surface area contributed by atoms with Crippen LogP contribution in [0.3, 0.4) is 0 Å². The number of hydrogen-bond acceptors (Lipinski definition) is 1. The molecule has 0 atom stereocenters. The third-order valence-corrected chi connectivity index (χ3v) is 8.54. The van der Waals surface area contributed by atoms with Gasteiger partial charge in [0.2, 0.25) is 0 Å². The lowest BCUT2D eigenvalue weighted by Crippen LogP contribution is -1.87. The second-order valence-electron chi connectivity index (χ2n) is 10.2. The molecule has 0 aliphatic carbocycles. The van der Waals surface area contributed by atoms with E-state index in [2.05, 4.69) is 85.8 Å². The Morgan fingerprint density at radius 1 is 0.514 bits per heavy atom. The summed E-state index contributed by atoms with van der Waals surface area (Å²) in [6, 6.07) is 29.7. The highest BCUT2D eigenvalue weighted by atomic mass is 32.1. The van der Waals surface area contributed by atoms with Gasteiger partial charge in [-0.1, -0.05) is 113 Å². The van der Waals surface area contributed by atoms with Gasteiger partial charge in [0.1, 0.15) is 0 Å². The second-order valence-corrected chi connectivity index (χ2v) is 11.3. The maximum absolute atomic E-state index is 2.37. The molecule has 0 radical (unpaired) electrons. The Kier molecular flexibility index (Phi) is 8.16. The minimum absolute atomic E-state index is 1.21. The van der Waals surface area contributed by atoms with E-state index in [9.17, 15) is 0 Å². The van der Waals surface area contributed by atoms with Gasteiger partial charge < -0.3 is 0 Å². The first kappa shape index (κ1) is 24.1. The number of aryl methyl sites for hydroxylation is 1. The van der Waals surface area contributed by atoms with Crippen LogP contribution in [0.2, 0.25) is 0 Å². The summed E-state index contributed by atoms with van der Waals surface area (Å²) in [5, 5.41) is 6.63. The highest BCUT2D eigenvalue weighted by molar-refractivity contribution is 7.22. The average Bonchev–Trinajstić information content (AvgIpc) is 3.30. The summed E-state index contributed by atoms with van der Waals surface area (Å²) < 4.78 is 1.37. The van der Waals surface area contributed by atoms with E-state index >= 15 is 0 Å². The molecule has 0 spiro atoms. The second kappa shape index (κ2) is 11.9. The molecule has 0 aliphatic heterocycles. The van der Waals surface area contributed by atoms with Crippen molar-refractivity contribution in [3.05, 3.63) is 84.4 Å². The average molecular weight is 479 g/mol. The summed E-state index contributed by atoms with van der Waals surface area (Å²) in [7, 11) is 0. The first-order valence-electron chi connectivity index (χ1n) is 13.8. The van der Waals surface area contributed by atoms with Gasteiger partial charge in [-0.15, -0.1) is 11.3 Å². The lowest BCUT2D eigenvalue weighted by atomic mass is 10.0. The Bertz CT molecular complexity index is 1300. The summed E-state index contributed by atoms with van der Waals surface area (Å²) in [5.74, 6) is 0. The Balaban J connectivity index is 1.16. The molecule has 0 bridgehead atoms. The molecule has 0 amide bonds. The molecule has 5 rings (SSSR count). The molecule has 0 unspecified atom stereocenters. The monoisotopic (exact) mass is 478 g/mol. The Morgan fingerprint density at radius 2 is 1.09 bits per heavy atom. The van der Waals surface area contributed by atoms with Crippen molar-refractivity contribution in [3.63, 3.8) is 0 Å². The highest BCUT2D eigenvalue weighted by Gasteiger charge is 2.07. The summed E-state index contributed by atoms with van der Waals surface area (Å²) in [5.41, 5.74) is 2.82. The molecule has 4 aromatic carbocycles. The Morgan fingerprint density at radius 3 is 1.74 bits per heavy atom. The van der Waals surface area contributed by atoms with E-state index in [0.717, 1.165) is 0 Å². The first-order chi connectivity index (χ1) is 17.3. The quantitative estimate of drug-likeness (QED) is 0.123. The molecule has 0 fully saturated rings. The molecule has 35 heavy (non-hydrogen) atoms. The standard InChI is InChI=1S/C34H38S/c1-2-3-4-5-6-7-8-9-10-11-14-26-17-19-27(20-18-26)33-25-32-23-30-21-28-15-12-13-16-29(28)22-31(30)24-34(32)35-33/h12-13,15-25H,2-11,14H2,1H3. The maximum Gasteiger partial charge on any atom is 0.0355 e. The summed E-state index contributed by atoms with van der Waals surface area (Å²) in [4.78, 5) is 1.37. The van der Waals surface area contributed by atoms with Gasteiger partial charge in [0.25, 0.3) is 0 Å². The minimum atomic E-state index is 1.21. The van der Waals surface area contributed by atoms with Crippen molar-refractivity contribution in [2.24, 2.45) is 0 Å². The van der Waals surface area contributed by atoms with E-state index in [1.165, 1.54) is 118 Å². The van der Waals surface area contributed by atoms with Crippen molar-refractivity contribution in [3.8, 4) is 10.4 Å². The van der Waals surface area contributed by atoms with Crippen molar-refractivity contribution in [1.82, 2.24) is 0 Å². The summed E-state index contributed by atoms with van der Waals surface area (Å²) in [6.45, 7) is 2.29. The van der Waals surface area contributed by atoms with Crippen molar-refractivity contribution in [2.75, 3.05) is 0 Å². The van der Waals surface area contributed by atoms with Crippen LogP contribution in [-0.2, 0) is 6.42 Å². The van der Waals surface area contributed by atoms with E-state index in [4.69, 9.17) is 0 Å². The molecular formula is C34H38S. The number of fused-ring (bicyclic) bond motifs is 3. The minimum Gasteiger partial charge on any atom is -0.135 e. The first-order valence-corrected chi connectivity index (χ1v) is 14.6. The Labute approximate surface area is 215 Å². The molecular weight excluding hydrogens is 440 g/mol. The largest absolute Gasteiger partial charge is 0.135 e. The van der Waals surface area contributed by atoms with Crippen molar-refractivity contribution < 1.29 is 0 Å². The van der Waals surface area contributed by atoms with Crippen LogP contribution in [0.1, 0.15) is 76.7 Å². The van der Waals surface area contributed by atoms with Gasteiger partial charge in [-0.3, -0.25) is 0 Å². The fourth-order valence-corrected chi connectivity index (χ4v) is 6.37. The van der Waals surface area contributed by atoms with E-state index in [-0.39, 0.29) is 0 Å². The lowest BCUT2D eigenvalue weighted by molar-refractivity contribution is 0.556. The van der Waals surface area contributed by atoms with E-state index < -0.39 is 0 Å².